The van der Waals surface area contributed by atoms with Crippen LogP contribution in [0.4, 0.5) is 0 Å². The molecule has 6 heteroatoms. The van der Waals surface area contributed by atoms with Crippen LogP contribution in [0.1, 0.15) is 29.5 Å². The van der Waals surface area contributed by atoms with Crippen molar-refractivity contribution in [2.45, 2.75) is 20.3 Å². The molecule has 120 valence electrons. The van der Waals surface area contributed by atoms with E-state index < -0.39 is 0 Å². The first-order valence-corrected chi connectivity index (χ1v) is 7.66. The van der Waals surface area contributed by atoms with Crippen LogP contribution in [-0.4, -0.2) is 59.5 Å². The normalized spacial score (nSPS) is 27.9. The third-order valence-corrected chi connectivity index (χ3v) is 5.27. The lowest BCUT2D eigenvalue weighted by Gasteiger charge is -2.41. The van der Waals surface area contributed by atoms with Crippen LogP contribution in [0.25, 0.3) is 0 Å². The predicted octanol–water partition coefficient (Wildman–Crippen LogP) is 0.891. The lowest BCUT2D eigenvalue weighted by atomic mass is 9.73. The molecular weight excluding hydrogens is 284 g/mol. The van der Waals surface area contributed by atoms with E-state index in [1.54, 1.807) is 24.8 Å². The first-order chi connectivity index (χ1) is 10.5. The third-order valence-electron chi connectivity index (χ3n) is 5.27. The molecule has 2 fully saturated rings. The number of nitrogens with zero attached hydrogens (tertiary/aromatic N) is 2. The highest BCUT2D eigenvalue weighted by atomic mass is 16.3. The lowest BCUT2D eigenvalue weighted by molar-refractivity contribution is -0.133. The standard InChI is InChI=1S/C16H22N2O4/c1-11-14(3-6-22-11)15(21)18-8-13-7-17(12(2)20)5-4-16(13,9-18)10-19/h3,6,13,19H,4-5,7-10H2,1-2H3/t13-,16+/m0/s1. The average molecular weight is 306 g/mol. The van der Waals surface area contributed by atoms with Gasteiger partial charge < -0.3 is 19.3 Å². The van der Waals surface area contributed by atoms with Crippen molar-refractivity contribution >= 4 is 11.8 Å². The van der Waals surface area contributed by atoms with Crippen LogP contribution in [0, 0.1) is 18.3 Å². The highest BCUT2D eigenvalue weighted by Gasteiger charge is 2.50. The van der Waals surface area contributed by atoms with Crippen LogP contribution in [0.15, 0.2) is 16.7 Å². The Bertz CT molecular complexity index is 597. The van der Waals surface area contributed by atoms with Crippen LogP contribution >= 0.6 is 0 Å². The van der Waals surface area contributed by atoms with Crippen molar-refractivity contribution in [3.8, 4) is 0 Å². The molecule has 3 rings (SSSR count). The van der Waals surface area contributed by atoms with E-state index in [1.807, 2.05) is 4.90 Å². The van der Waals surface area contributed by atoms with Crippen LogP contribution in [0.3, 0.4) is 0 Å². The minimum absolute atomic E-state index is 0.0529. The zero-order chi connectivity index (χ0) is 15.9. The van der Waals surface area contributed by atoms with Gasteiger partial charge in [0, 0.05) is 44.4 Å². The summed E-state index contributed by atoms with van der Waals surface area (Å²) in [5.41, 5.74) is 0.300. The summed E-state index contributed by atoms with van der Waals surface area (Å²) in [6, 6.07) is 1.69. The van der Waals surface area contributed by atoms with Crippen molar-refractivity contribution in [2.24, 2.45) is 11.3 Å². The van der Waals surface area contributed by atoms with Crippen molar-refractivity contribution in [1.82, 2.24) is 9.80 Å². The molecule has 3 heterocycles. The minimum atomic E-state index is -0.279. The fraction of sp³-hybridized carbons (Fsp3) is 0.625. The van der Waals surface area contributed by atoms with E-state index in [-0.39, 0.29) is 29.8 Å². The van der Waals surface area contributed by atoms with Crippen molar-refractivity contribution in [3.63, 3.8) is 0 Å². The number of carbonyl (C=O) groups is 2. The molecule has 2 saturated heterocycles. The summed E-state index contributed by atoms with van der Waals surface area (Å²) in [7, 11) is 0. The summed E-state index contributed by atoms with van der Waals surface area (Å²) in [4.78, 5) is 27.9. The average Bonchev–Trinajstić information content (AvgIpc) is 3.09. The van der Waals surface area contributed by atoms with E-state index in [0.29, 0.717) is 37.5 Å². The molecule has 1 N–H and O–H groups in total. The molecule has 0 unspecified atom stereocenters. The Morgan fingerprint density at radius 2 is 2.14 bits per heavy atom. The Hall–Kier alpha value is -1.82. The maximum atomic E-state index is 12.6. The van der Waals surface area contributed by atoms with Gasteiger partial charge in [0.2, 0.25) is 5.91 Å². The highest BCUT2D eigenvalue weighted by molar-refractivity contribution is 5.95. The second kappa shape index (κ2) is 5.43. The number of aryl methyl sites for hydroxylation is 1. The molecule has 1 aromatic rings. The van der Waals surface area contributed by atoms with Gasteiger partial charge in [0.15, 0.2) is 0 Å². The first-order valence-electron chi connectivity index (χ1n) is 7.66. The number of piperidine rings is 1. The molecule has 0 saturated carbocycles. The second-order valence-corrected chi connectivity index (χ2v) is 6.51. The van der Waals surface area contributed by atoms with Crippen molar-refractivity contribution in [3.05, 3.63) is 23.7 Å². The largest absolute Gasteiger partial charge is 0.469 e. The molecular formula is C16H22N2O4. The molecule has 6 nitrogen and oxygen atoms in total. The number of amides is 2. The van der Waals surface area contributed by atoms with Gasteiger partial charge in [-0.05, 0) is 19.4 Å². The molecule has 0 aliphatic carbocycles. The smallest absolute Gasteiger partial charge is 0.257 e. The number of fused-ring (bicyclic) bond motifs is 1. The van der Waals surface area contributed by atoms with E-state index in [1.165, 1.54) is 6.26 Å². The lowest BCUT2D eigenvalue weighted by Crippen LogP contribution is -2.50. The van der Waals surface area contributed by atoms with Crippen molar-refractivity contribution in [2.75, 3.05) is 32.8 Å². The number of hydrogen-bond donors (Lipinski definition) is 1. The highest BCUT2D eigenvalue weighted by Crippen LogP contribution is 2.43. The van der Waals surface area contributed by atoms with E-state index in [0.717, 1.165) is 6.42 Å². The molecule has 22 heavy (non-hydrogen) atoms. The summed E-state index contributed by atoms with van der Waals surface area (Å²) in [5.74, 6) is 0.749. The van der Waals surface area contributed by atoms with Gasteiger partial charge in [0.1, 0.15) is 5.76 Å². The fourth-order valence-corrected chi connectivity index (χ4v) is 3.76. The molecule has 0 radical (unpaired) electrons. The third kappa shape index (κ3) is 2.31. The number of aliphatic hydroxyl groups is 1. The van der Waals surface area contributed by atoms with Gasteiger partial charge in [-0.15, -0.1) is 0 Å². The molecule has 0 spiro atoms. The van der Waals surface area contributed by atoms with Crippen molar-refractivity contribution in [1.29, 1.82) is 0 Å². The Kier molecular flexibility index (Phi) is 3.72. The van der Waals surface area contributed by atoms with E-state index in [2.05, 4.69) is 0 Å². The van der Waals surface area contributed by atoms with Crippen LogP contribution in [0.5, 0.6) is 0 Å². The Morgan fingerprint density at radius 3 is 2.73 bits per heavy atom. The molecule has 2 aliphatic heterocycles. The maximum absolute atomic E-state index is 12.6. The molecule has 2 aliphatic rings. The summed E-state index contributed by atoms with van der Waals surface area (Å²) in [6.07, 6.45) is 2.26. The molecule has 2 amide bonds. The topological polar surface area (TPSA) is 74.0 Å². The monoisotopic (exact) mass is 306 g/mol. The van der Waals surface area contributed by atoms with E-state index in [4.69, 9.17) is 4.42 Å². The Balaban J connectivity index is 1.80. The number of furan rings is 1. The SMILES string of the molecule is CC(=O)N1CC[C@]2(CO)CN(C(=O)c3ccoc3C)C[C@@H]2C1. The van der Waals surface area contributed by atoms with Gasteiger partial charge in [0.05, 0.1) is 18.4 Å². The molecule has 1 aromatic heterocycles. The number of hydrogen-bond acceptors (Lipinski definition) is 4. The van der Waals surface area contributed by atoms with Crippen LogP contribution in [0.2, 0.25) is 0 Å². The summed E-state index contributed by atoms with van der Waals surface area (Å²) < 4.78 is 5.21. The number of likely N-dealkylation sites (tertiary alicyclic amines) is 2. The van der Waals surface area contributed by atoms with E-state index >= 15 is 0 Å². The fourth-order valence-electron chi connectivity index (χ4n) is 3.76. The van der Waals surface area contributed by atoms with Gasteiger partial charge in [-0.1, -0.05) is 0 Å². The zero-order valence-corrected chi connectivity index (χ0v) is 13.0. The predicted molar refractivity (Wildman–Crippen MR) is 79.2 cm³/mol. The number of rotatable bonds is 2. The van der Waals surface area contributed by atoms with Crippen molar-refractivity contribution < 1.29 is 19.1 Å². The molecule has 0 bridgehead atoms. The summed E-state index contributed by atoms with van der Waals surface area (Å²) in [6.45, 7) is 5.78. The van der Waals surface area contributed by atoms with Gasteiger partial charge in [-0.2, -0.15) is 0 Å². The second-order valence-electron chi connectivity index (χ2n) is 6.51. The van der Waals surface area contributed by atoms with E-state index in [9.17, 15) is 14.7 Å². The van der Waals surface area contributed by atoms with Crippen LogP contribution in [-0.2, 0) is 4.79 Å². The number of carbonyl (C=O) groups excluding carboxylic acids is 2. The quantitative estimate of drug-likeness (QED) is 0.880. The Labute approximate surface area is 129 Å². The Morgan fingerprint density at radius 1 is 1.41 bits per heavy atom. The maximum Gasteiger partial charge on any atom is 0.257 e. The van der Waals surface area contributed by atoms with Gasteiger partial charge >= 0.3 is 0 Å². The molecule has 0 aromatic carbocycles. The van der Waals surface area contributed by atoms with Gasteiger partial charge in [0.25, 0.3) is 5.91 Å². The number of aliphatic hydroxyl groups excluding tert-OH is 1. The first kappa shape index (κ1) is 15.1. The summed E-state index contributed by atoms with van der Waals surface area (Å²) >= 11 is 0. The van der Waals surface area contributed by atoms with Gasteiger partial charge in [-0.25, -0.2) is 0 Å². The van der Waals surface area contributed by atoms with Gasteiger partial charge in [-0.3, -0.25) is 9.59 Å². The zero-order valence-electron chi connectivity index (χ0n) is 13.0. The minimum Gasteiger partial charge on any atom is -0.469 e. The van der Waals surface area contributed by atoms with Crippen LogP contribution < -0.4 is 0 Å². The summed E-state index contributed by atoms with van der Waals surface area (Å²) in [5, 5.41) is 9.90. The molecule has 2 atom stereocenters.